The lowest BCUT2D eigenvalue weighted by molar-refractivity contribution is -0.139. The monoisotopic (exact) mass is 288 g/mol. The maximum atomic E-state index is 11.7. The molecule has 5 nitrogen and oxygen atoms in total. The summed E-state index contributed by atoms with van der Waals surface area (Å²) in [6.07, 6.45) is 0.542. The van der Waals surface area contributed by atoms with Crippen molar-refractivity contribution in [2.75, 3.05) is 13.1 Å². The predicted molar refractivity (Wildman–Crippen MR) is 69.2 cm³/mol. The average molecular weight is 289 g/mol. The van der Waals surface area contributed by atoms with E-state index >= 15 is 0 Å². The molecule has 1 aromatic rings. The van der Waals surface area contributed by atoms with Gasteiger partial charge in [0.1, 0.15) is 6.04 Å². The molecule has 1 aliphatic heterocycles. The molecule has 0 unspecified atom stereocenters. The van der Waals surface area contributed by atoms with Crippen LogP contribution in [0, 0.1) is 5.92 Å². The van der Waals surface area contributed by atoms with E-state index in [1.54, 1.807) is 12.1 Å². The zero-order chi connectivity index (χ0) is 13.1. The van der Waals surface area contributed by atoms with Crippen molar-refractivity contribution in [3.63, 3.8) is 0 Å². The van der Waals surface area contributed by atoms with Gasteiger partial charge in [-0.3, -0.25) is 9.59 Å². The average Bonchev–Trinajstić information content (AvgIpc) is 2.94. The number of hydrogen-bond acceptors (Lipinski definition) is 4. The highest BCUT2D eigenvalue weighted by Crippen LogP contribution is 2.21. The standard InChI is InChI=1S/C11H13ClN2O3S/c12-9-2-1-8(18-9)10(15)14-5-6-3-7(11(16)17)13-4-6/h1-2,6-7,13H,3-5H2,(H,14,15)(H,16,17)/t6-,7-/m0/s1. The molecule has 0 spiro atoms. The summed E-state index contributed by atoms with van der Waals surface area (Å²) < 4.78 is 0.577. The first kappa shape index (κ1) is 13.3. The van der Waals surface area contributed by atoms with E-state index < -0.39 is 12.0 Å². The molecule has 2 heterocycles. The second-order valence-electron chi connectivity index (χ2n) is 4.21. The topological polar surface area (TPSA) is 78.4 Å². The van der Waals surface area contributed by atoms with Crippen LogP contribution in [0.1, 0.15) is 16.1 Å². The van der Waals surface area contributed by atoms with Gasteiger partial charge in [0.25, 0.3) is 5.91 Å². The minimum absolute atomic E-state index is 0.158. The highest BCUT2D eigenvalue weighted by molar-refractivity contribution is 7.17. The lowest BCUT2D eigenvalue weighted by Gasteiger charge is -2.09. The molecular weight excluding hydrogens is 276 g/mol. The largest absolute Gasteiger partial charge is 0.480 e. The molecule has 1 saturated heterocycles. The maximum absolute atomic E-state index is 11.7. The fourth-order valence-electron chi connectivity index (χ4n) is 1.91. The third-order valence-electron chi connectivity index (χ3n) is 2.87. The van der Waals surface area contributed by atoms with Crippen molar-refractivity contribution >= 4 is 34.8 Å². The molecule has 0 aromatic carbocycles. The van der Waals surface area contributed by atoms with Crippen molar-refractivity contribution in [1.82, 2.24) is 10.6 Å². The summed E-state index contributed by atoms with van der Waals surface area (Å²) in [6.45, 7) is 1.09. The number of carboxylic acids is 1. The van der Waals surface area contributed by atoms with Crippen molar-refractivity contribution < 1.29 is 14.7 Å². The van der Waals surface area contributed by atoms with E-state index in [4.69, 9.17) is 16.7 Å². The smallest absolute Gasteiger partial charge is 0.320 e. The minimum Gasteiger partial charge on any atom is -0.480 e. The Hall–Kier alpha value is -1.11. The van der Waals surface area contributed by atoms with Crippen molar-refractivity contribution in [2.24, 2.45) is 5.92 Å². The van der Waals surface area contributed by atoms with E-state index in [-0.39, 0.29) is 11.8 Å². The third kappa shape index (κ3) is 3.22. The van der Waals surface area contributed by atoms with Crippen molar-refractivity contribution in [1.29, 1.82) is 0 Å². The van der Waals surface area contributed by atoms with Crippen LogP contribution in [0.4, 0.5) is 0 Å². The van der Waals surface area contributed by atoms with Crippen LogP contribution in [-0.2, 0) is 4.79 Å². The fourth-order valence-corrected chi connectivity index (χ4v) is 2.87. The van der Waals surface area contributed by atoms with E-state index in [0.717, 1.165) is 0 Å². The highest BCUT2D eigenvalue weighted by Gasteiger charge is 2.29. The number of carboxylic acid groups (broad SMARTS) is 1. The van der Waals surface area contributed by atoms with Gasteiger partial charge in [-0.05, 0) is 24.5 Å². The fraction of sp³-hybridized carbons (Fsp3) is 0.455. The first-order chi connectivity index (χ1) is 8.56. The van der Waals surface area contributed by atoms with Crippen LogP contribution in [0.2, 0.25) is 4.34 Å². The molecule has 1 fully saturated rings. The number of carbonyl (C=O) groups excluding carboxylic acids is 1. The molecule has 18 heavy (non-hydrogen) atoms. The molecule has 3 N–H and O–H groups in total. The zero-order valence-corrected chi connectivity index (χ0v) is 11.1. The Kier molecular flexibility index (Phi) is 4.21. The van der Waals surface area contributed by atoms with Gasteiger partial charge in [0.05, 0.1) is 9.21 Å². The molecule has 2 atom stereocenters. The normalized spacial score (nSPS) is 22.9. The summed E-state index contributed by atoms with van der Waals surface area (Å²) in [5.74, 6) is -0.843. The van der Waals surface area contributed by atoms with Gasteiger partial charge >= 0.3 is 5.97 Å². The lowest BCUT2D eigenvalue weighted by atomic mass is 10.1. The molecule has 0 radical (unpaired) electrons. The van der Waals surface area contributed by atoms with Crippen molar-refractivity contribution in [2.45, 2.75) is 12.5 Å². The van der Waals surface area contributed by atoms with Crippen LogP contribution in [0.3, 0.4) is 0 Å². The first-order valence-corrected chi connectivity index (χ1v) is 6.75. The molecule has 98 valence electrons. The maximum Gasteiger partial charge on any atom is 0.320 e. The summed E-state index contributed by atoms with van der Waals surface area (Å²) >= 11 is 6.98. The first-order valence-electron chi connectivity index (χ1n) is 5.56. The van der Waals surface area contributed by atoms with Gasteiger partial charge in [-0.1, -0.05) is 11.6 Å². The Labute approximate surface area is 113 Å². The van der Waals surface area contributed by atoms with Crippen LogP contribution in [0.5, 0.6) is 0 Å². The van der Waals surface area contributed by atoms with Crippen molar-refractivity contribution in [3.05, 3.63) is 21.3 Å². The van der Waals surface area contributed by atoms with Gasteiger partial charge in [0.15, 0.2) is 0 Å². The molecule has 7 heteroatoms. The summed E-state index contributed by atoms with van der Waals surface area (Å²) in [7, 11) is 0. The summed E-state index contributed by atoms with van der Waals surface area (Å²) in [6, 6.07) is 2.86. The number of thiophene rings is 1. The molecule has 1 aromatic heterocycles. The van der Waals surface area contributed by atoms with Crippen molar-refractivity contribution in [3.8, 4) is 0 Å². The van der Waals surface area contributed by atoms with Gasteiger partial charge in [-0.25, -0.2) is 0 Å². The van der Waals surface area contributed by atoms with Crippen LogP contribution in [0.25, 0.3) is 0 Å². The summed E-state index contributed by atoms with van der Waals surface area (Å²) in [4.78, 5) is 23.1. The number of carbonyl (C=O) groups is 2. The van der Waals surface area contributed by atoms with E-state index in [1.165, 1.54) is 11.3 Å². The Morgan fingerprint density at radius 2 is 2.33 bits per heavy atom. The number of amides is 1. The van der Waals surface area contributed by atoms with Gasteiger partial charge in [-0.2, -0.15) is 0 Å². The summed E-state index contributed by atoms with van der Waals surface area (Å²) in [5.41, 5.74) is 0. The Bertz CT molecular complexity index is 463. The Morgan fingerprint density at radius 3 is 2.89 bits per heavy atom. The van der Waals surface area contributed by atoms with E-state index in [1.807, 2.05) is 0 Å². The lowest BCUT2D eigenvalue weighted by Crippen LogP contribution is -2.30. The van der Waals surface area contributed by atoms with E-state index in [0.29, 0.717) is 28.7 Å². The van der Waals surface area contributed by atoms with E-state index in [9.17, 15) is 9.59 Å². The number of nitrogens with one attached hydrogen (secondary N) is 2. The second-order valence-corrected chi connectivity index (χ2v) is 5.93. The van der Waals surface area contributed by atoms with Gasteiger partial charge < -0.3 is 15.7 Å². The minimum atomic E-state index is -0.839. The second kappa shape index (κ2) is 5.69. The number of rotatable bonds is 4. The predicted octanol–water partition coefficient (Wildman–Crippen LogP) is 1.19. The molecule has 0 aliphatic carbocycles. The number of halogens is 1. The third-order valence-corrected chi connectivity index (χ3v) is 4.10. The quantitative estimate of drug-likeness (QED) is 0.778. The number of aliphatic carboxylic acids is 1. The molecule has 2 rings (SSSR count). The Balaban J connectivity index is 1.79. The Morgan fingerprint density at radius 1 is 1.56 bits per heavy atom. The molecule has 1 aliphatic rings. The number of hydrogen-bond donors (Lipinski definition) is 3. The van der Waals surface area contributed by atoms with Gasteiger partial charge in [0, 0.05) is 13.1 Å². The zero-order valence-electron chi connectivity index (χ0n) is 9.48. The van der Waals surface area contributed by atoms with Crippen LogP contribution < -0.4 is 10.6 Å². The van der Waals surface area contributed by atoms with Gasteiger partial charge in [-0.15, -0.1) is 11.3 Å². The highest BCUT2D eigenvalue weighted by atomic mass is 35.5. The summed E-state index contributed by atoms with van der Waals surface area (Å²) in [5, 5.41) is 14.5. The molecule has 0 bridgehead atoms. The molecular formula is C11H13ClN2O3S. The van der Waals surface area contributed by atoms with Gasteiger partial charge in [0.2, 0.25) is 0 Å². The van der Waals surface area contributed by atoms with Crippen LogP contribution in [0.15, 0.2) is 12.1 Å². The van der Waals surface area contributed by atoms with Crippen LogP contribution >= 0.6 is 22.9 Å². The van der Waals surface area contributed by atoms with E-state index in [2.05, 4.69) is 10.6 Å². The molecule has 1 amide bonds. The van der Waals surface area contributed by atoms with Crippen LogP contribution in [-0.4, -0.2) is 36.1 Å². The molecule has 0 saturated carbocycles. The SMILES string of the molecule is O=C(NC[C@@H]1CN[C@H](C(=O)O)C1)c1ccc(Cl)s1.